The number of aliphatic hydroxyl groups excluding tert-OH is 1. The molecule has 1 saturated heterocycles. The summed E-state index contributed by atoms with van der Waals surface area (Å²) in [5, 5.41) is 9.32. The van der Waals surface area contributed by atoms with Gasteiger partial charge < -0.3 is 14.7 Å². The molecule has 0 spiro atoms. The van der Waals surface area contributed by atoms with E-state index in [1.807, 2.05) is 0 Å². The van der Waals surface area contributed by atoms with Gasteiger partial charge in [-0.1, -0.05) is 6.58 Å². The van der Waals surface area contributed by atoms with Gasteiger partial charge in [-0.25, -0.2) is 4.79 Å². The van der Waals surface area contributed by atoms with Crippen molar-refractivity contribution in [2.24, 2.45) is 0 Å². The smallest absolute Gasteiger partial charge is 0.328 e. The van der Waals surface area contributed by atoms with Crippen LogP contribution < -0.4 is 0 Å². The standard InChI is InChI=1S/C9H13NO4/c1-3-8(12)10-5-6(11)4-7(10)9(13)14-2/h3,6-7,11H,1,4-5H2,2H3/t6-,7+/m1/s1. The Balaban J connectivity index is 2.77. The second-order valence-electron chi connectivity index (χ2n) is 3.12. The molecule has 1 aliphatic rings. The fraction of sp³-hybridized carbons (Fsp3) is 0.556. The molecule has 5 heteroatoms. The maximum Gasteiger partial charge on any atom is 0.328 e. The first-order chi connectivity index (χ1) is 6.60. The van der Waals surface area contributed by atoms with E-state index in [2.05, 4.69) is 11.3 Å². The minimum absolute atomic E-state index is 0.157. The molecule has 0 radical (unpaired) electrons. The maximum absolute atomic E-state index is 11.3. The van der Waals surface area contributed by atoms with Crippen LogP contribution in [0.4, 0.5) is 0 Å². The van der Waals surface area contributed by atoms with Crippen LogP contribution in [0.25, 0.3) is 0 Å². The number of carbonyl (C=O) groups is 2. The Labute approximate surface area is 82.0 Å². The zero-order chi connectivity index (χ0) is 10.7. The average molecular weight is 199 g/mol. The van der Waals surface area contributed by atoms with E-state index < -0.39 is 18.1 Å². The number of amides is 1. The minimum Gasteiger partial charge on any atom is -0.467 e. The van der Waals surface area contributed by atoms with Gasteiger partial charge in [0.1, 0.15) is 6.04 Å². The highest BCUT2D eigenvalue weighted by atomic mass is 16.5. The van der Waals surface area contributed by atoms with E-state index in [9.17, 15) is 14.7 Å². The summed E-state index contributed by atoms with van der Waals surface area (Å²) >= 11 is 0. The molecule has 0 saturated carbocycles. The number of likely N-dealkylation sites (tertiary alicyclic amines) is 1. The van der Waals surface area contributed by atoms with Crippen molar-refractivity contribution in [1.29, 1.82) is 0 Å². The number of carbonyl (C=O) groups excluding carboxylic acids is 2. The van der Waals surface area contributed by atoms with Crippen LogP contribution in [0.1, 0.15) is 6.42 Å². The number of hydrogen-bond donors (Lipinski definition) is 1. The van der Waals surface area contributed by atoms with E-state index in [0.29, 0.717) is 0 Å². The van der Waals surface area contributed by atoms with E-state index >= 15 is 0 Å². The number of rotatable bonds is 2. The molecule has 14 heavy (non-hydrogen) atoms. The summed E-state index contributed by atoms with van der Waals surface area (Å²) in [5.41, 5.74) is 0. The monoisotopic (exact) mass is 199 g/mol. The van der Waals surface area contributed by atoms with Gasteiger partial charge in [0, 0.05) is 13.0 Å². The third-order valence-electron chi connectivity index (χ3n) is 2.21. The summed E-state index contributed by atoms with van der Waals surface area (Å²) in [6.07, 6.45) is 0.684. The lowest BCUT2D eigenvalue weighted by Crippen LogP contribution is -2.40. The van der Waals surface area contributed by atoms with Crippen LogP contribution in [0.3, 0.4) is 0 Å². The van der Waals surface area contributed by atoms with E-state index in [4.69, 9.17) is 0 Å². The van der Waals surface area contributed by atoms with Gasteiger partial charge in [0.05, 0.1) is 13.2 Å². The molecule has 0 aromatic carbocycles. The van der Waals surface area contributed by atoms with Crippen molar-refractivity contribution in [3.05, 3.63) is 12.7 Å². The first-order valence-corrected chi connectivity index (χ1v) is 4.29. The predicted molar refractivity (Wildman–Crippen MR) is 48.3 cm³/mol. The van der Waals surface area contributed by atoms with Gasteiger partial charge in [0.25, 0.3) is 0 Å². The SMILES string of the molecule is C=CC(=O)N1C[C@H](O)C[C@H]1C(=O)OC. The molecule has 0 aliphatic carbocycles. The molecule has 1 heterocycles. The lowest BCUT2D eigenvalue weighted by molar-refractivity contribution is -0.149. The number of methoxy groups -OCH3 is 1. The molecule has 0 bridgehead atoms. The second-order valence-corrected chi connectivity index (χ2v) is 3.12. The van der Waals surface area contributed by atoms with Gasteiger partial charge in [0.15, 0.2) is 0 Å². The number of esters is 1. The van der Waals surface area contributed by atoms with Crippen LogP contribution >= 0.6 is 0 Å². The van der Waals surface area contributed by atoms with Crippen molar-refractivity contribution in [3.8, 4) is 0 Å². The number of aliphatic hydroxyl groups is 1. The number of hydrogen-bond acceptors (Lipinski definition) is 4. The van der Waals surface area contributed by atoms with E-state index in [0.717, 1.165) is 6.08 Å². The van der Waals surface area contributed by atoms with Gasteiger partial charge in [-0.3, -0.25) is 4.79 Å². The highest BCUT2D eigenvalue weighted by molar-refractivity contribution is 5.91. The summed E-state index contributed by atoms with van der Waals surface area (Å²) in [5.74, 6) is -0.867. The normalized spacial score (nSPS) is 26.0. The molecular weight excluding hydrogens is 186 g/mol. The fourth-order valence-corrected chi connectivity index (χ4v) is 1.53. The number of nitrogens with zero attached hydrogens (tertiary/aromatic N) is 1. The molecule has 1 amide bonds. The first kappa shape index (κ1) is 10.7. The zero-order valence-electron chi connectivity index (χ0n) is 7.97. The Morgan fingerprint density at radius 1 is 1.64 bits per heavy atom. The molecule has 0 aromatic heterocycles. The van der Waals surface area contributed by atoms with Gasteiger partial charge >= 0.3 is 5.97 Å². The minimum atomic E-state index is -0.680. The van der Waals surface area contributed by atoms with Crippen molar-refractivity contribution < 1.29 is 19.4 Å². The first-order valence-electron chi connectivity index (χ1n) is 4.29. The Bertz CT molecular complexity index is 264. The highest BCUT2D eigenvalue weighted by Gasteiger charge is 2.38. The van der Waals surface area contributed by atoms with Crippen LogP contribution in [0.15, 0.2) is 12.7 Å². The quantitative estimate of drug-likeness (QED) is 0.472. The second kappa shape index (κ2) is 4.23. The van der Waals surface area contributed by atoms with Gasteiger partial charge in [-0.05, 0) is 6.08 Å². The van der Waals surface area contributed by atoms with Crippen molar-refractivity contribution >= 4 is 11.9 Å². The molecular formula is C9H13NO4. The molecule has 1 aliphatic heterocycles. The molecule has 2 atom stereocenters. The average Bonchev–Trinajstić information content (AvgIpc) is 2.58. The van der Waals surface area contributed by atoms with E-state index in [1.54, 1.807) is 0 Å². The molecule has 0 aromatic rings. The van der Waals surface area contributed by atoms with Gasteiger partial charge in [-0.15, -0.1) is 0 Å². The molecule has 78 valence electrons. The predicted octanol–water partition coefficient (Wildman–Crippen LogP) is -0.693. The fourth-order valence-electron chi connectivity index (χ4n) is 1.53. The van der Waals surface area contributed by atoms with Crippen molar-refractivity contribution in [2.75, 3.05) is 13.7 Å². The zero-order valence-corrected chi connectivity index (χ0v) is 7.97. The van der Waals surface area contributed by atoms with Crippen molar-refractivity contribution in [1.82, 2.24) is 4.90 Å². The lowest BCUT2D eigenvalue weighted by atomic mass is 10.2. The largest absolute Gasteiger partial charge is 0.467 e. The van der Waals surface area contributed by atoms with Crippen LogP contribution in [-0.4, -0.2) is 47.7 Å². The van der Waals surface area contributed by atoms with Gasteiger partial charge in [-0.2, -0.15) is 0 Å². The third-order valence-corrected chi connectivity index (χ3v) is 2.21. The number of β-amino-alcohol motifs (C(OH)–C–C–N with tert-alkyl or cyclic N) is 1. The summed E-state index contributed by atoms with van der Waals surface area (Å²) < 4.78 is 4.53. The van der Waals surface area contributed by atoms with Crippen LogP contribution in [0.5, 0.6) is 0 Å². The molecule has 1 rings (SSSR count). The van der Waals surface area contributed by atoms with Crippen molar-refractivity contribution in [3.63, 3.8) is 0 Å². The summed E-state index contributed by atoms with van der Waals surface area (Å²) in [7, 11) is 1.25. The van der Waals surface area contributed by atoms with Crippen LogP contribution in [0.2, 0.25) is 0 Å². The molecule has 0 unspecified atom stereocenters. The van der Waals surface area contributed by atoms with E-state index in [1.165, 1.54) is 12.0 Å². The molecule has 1 fully saturated rings. The Kier molecular flexibility index (Phi) is 3.24. The highest BCUT2D eigenvalue weighted by Crippen LogP contribution is 2.19. The van der Waals surface area contributed by atoms with Crippen LogP contribution in [-0.2, 0) is 14.3 Å². The Hall–Kier alpha value is -1.36. The Morgan fingerprint density at radius 3 is 2.79 bits per heavy atom. The summed E-state index contributed by atoms with van der Waals surface area (Å²) in [6, 6.07) is -0.680. The molecule has 1 N–H and O–H groups in total. The van der Waals surface area contributed by atoms with Crippen molar-refractivity contribution in [2.45, 2.75) is 18.6 Å². The summed E-state index contributed by atoms with van der Waals surface area (Å²) in [6.45, 7) is 3.48. The third kappa shape index (κ3) is 1.93. The molecule has 5 nitrogen and oxygen atoms in total. The van der Waals surface area contributed by atoms with Gasteiger partial charge in [0.2, 0.25) is 5.91 Å². The number of ether oxygens (including phenoxy) is 1. The van der Waals surface area contributed by atoms with E-state index in [-0.39, 0.29) is 18.9 Å². The Morgan fingerprint density at radius 2 is 2.29 bits per heavy atom. The van der Waals surface area contributed by atoms with Crippen LogP contribution in [0, 0.1) is 0 Å². The summed E-state index contributed by atoms with van der Waals surface area (Å²) in [4.78, 5) is 23.8. The topological polar surface area (TPSA) is 66.8 Å². The maximum atomic E-state index is 11.3. The lowest BCUT2D eigenvalue weighted by Gasteiger charge is -2.20.